The van der Waals surface area contributed by atoms with E-state index in [9.17, 15) is 9.90 Å². The Bertz CT molecular complexity index is 271. The molecule has 2 aliphatic rings. The quantitative estimate of drug-likeness (QED) is 0.455. The molecular formula is C9H12O4. The lowest BCUT2D eigenvalue weighted by Crippen LogP contribution is -2.30. The Kier molecular flexibility index (Phi) is 1.89. The van der Waals surface area contributed by atoms with Crippen molar-refractivity contribution in [3.05, 3.63) is 11.6 Å². The Morgan fingerprint density at radius 1 is 1.69 bits per heavy atom. The van der Waals surface area contributed by atoms with E-state index in [1.807, 2.05) is 6.92 Å². The SMILES string of the molecule is COC(=O)C1=CC(C)C(O)C2OC12. The predicted octanol–water partition coefficient (Wildman–Crippen LogP) is -0.136. The number of esters is 1. The molecule has 4 nitrogen and oxygen atoms in total. The first kappa shape index (κ1) is 8.72. The lowest BCUT2D eigenvalue weighted by molar-refractivity contribution is -0.136. The fourth-order valence-electron chi connectivity index (χ4n) is 1.71. The second kappa shape index (κ2) is 2.82. The van der Waals surface area contributed by atoms with Gasteiger partial charge < -0.3 is 14.6 Å². The average molecular weight is 184 g/mol. The van der Waals surface area contributed by atoms with Crippen LogP contribution in [0, 0.1) is 5.92 Å². The molecule has 1 aliphatic heterocycles. The highest BCUT2D eigenvalue weighted by atomic mass is 16.6. The zero-order valence-corrected chi connectivity index (χ0v) is 7.56. The van der Waals surface area contributed by atoms with E-state index in [0.717, 1.165) is 0 Å². The molecule has 0 aromatic heterocycles. The van der Waals surface area contributed by atoms with Crippen molar-refractivity contribution in [2.24, 2.45) is 5.92 Å². The molecule has 13 heavy (non-hydrogen) atoms. The van der Waals surface area contributed by atoms with Gasteiger partial charge in [0.15, 0.2) is 0 Å². The Morgan fingerprint density at radius 2 is 2.38 bits per heavy atom. The summed E-state index contributed by atoms with van der Waals surface area (Å²) in [5.74, 6) is -0.399. The van der Waals surface area contributed by atoms with Crippen LogP contribution in [0.1, 0.15) is 6.92 Å². The van der Waals surface area contributed by atoms with E-state index in [2.05, 4.69) is 4.74 Å². The highest BCUT2D eigenvalue weighted by Crippen LogP contribution is 2.39. The molecule has 1 aliphatic carbocycles. The summed E-state index contributed by atoms with van der Waals surface area (Å²) in [5, 5.41) is 9.54. The summed E-state index contributed by atoms with van der Waals surface area (Å²) in [7, 11) is 1.34. The number of aliphatic hydroxyl groups is 1. The maximum absolute atomic E-state index is 11.2. The molecule has 0 amide bonds. The molecule has 0 radical (unpaired) electrons. The third-order valence-electron chi connectivity index (χ3n) is 2.57. The summed E-state index contributed by atoms with van der Waals surface area (Å²) in [6.07, 6.45) is 0.802. The highest BCUT2D eigenvalue weighted by Gasteiger charge is 2.53. The third-order valence-corrected chi connectivity index (χ3v) is 2.57. The molecule has 4 atom stereocenters. The molecule has 0 bridgehead atoms. The van der Waals surface area contributed by atoms with E-state index < -0.39 is 6.10 Å². The van der Waals surface area contributed by atoms with E-state index in [4.69, 9.17) is 4.74 Å². The van der Waals surface area contributed by atoms with Gasteiger partial charge in [-0.1, -0.05) is 13.0 Å². The minimum Gasteiger partial charge on any atom is -0.466 e. The van der Waals surface area contributed by atoms with Crippen molar-refractivity contribution >= 4 is 5.97 Å². The molecule has 1 saturated heterocycles. The van der Waals surface area contributed by atoms with Crippen molar-refractivity contribution < 1.29 is 19.4 Å². The van der Waals surface area contributed by atoms with Gasteiger partial charge in [0.2, 0.25) is 0 Å². The first-order valence-electron chi connectivity index (χ1n) is 4.28. The van der Waals surface area contributed by atoms with Gasteiger partial charge in [-0.25, -0.2) is 4.79 Å². The summed E-state index contributed by atoms with van der Waals surface area (Å²) in [6.45, 7) is 1.85. The fourth-order valence-corrected chi connectivity index (χ4v) is 1.71. The van der Waals surface area contributed by atoms with Crippen LogP contribution in [0.15, 0.2) is 11.6 Å². The van der Waals surface area contributed by atoms with Crippen molar-refractivity contribution in [3.63, 3.8) is 0 Å². The number of epoxide rings is 1. The van der Waals surface area contributed by atoms with Crippen LogP contribution in [0.25, 0.3) is 0 Å². The minimum absolute atomic E-state index is 0.0437. The van der Waals surface area contributed by atoms with Crippen LogP contribution in [-0.2, 0) is 14.3 Å². The van der Waals surface area contributed by atoms with Gasteiger partial charge in [0, 0.05) is 5.92 Å². The molecule has 72 valence electrons. The van der Waals surface area contributed by atoms with E-state index in [1.54, 1.807) is 6.08 Å². The predicted molar refractivity (Wildman–Crippen MR) is 43.9 cm³/mol. The first-order chi connectivity index (χ1) is 6.15. The lowest BCUT2D eigenvalue weighted by Gasteiger charge is -2.18. The molecular weight excluding hydrogens is 172 g/mol. The van der Waals surface area contributed by atoms with Crippen LogP contribution in [0.2, 0.25) is 0 Å². The van der Waals surface area contributed by atoms with Crippen LogP contribution in [0.3, 0.4) is 0 Å². The van der Waals surface area contributed by atoms with Gasteiger partial charge in [0.1, 0.15) is 12.2 Å². The van der Waals surface area contributed by atoms with Crippen LogP contribution >= 0.6 is 0 Å². The standard InChI is InChI=1S/C9H12O4/c1-4-3-5(9(11)12-2)7-8(13-7)6(4)10/h3-4,6-8,10H,1-2H3. The minimum atomic E-state index is -0.488. The number of fused-ring (bicyclic) bond motifs is 1. The maximum Gasteiger partial charge on any atom is 0.336 e. The highest BCUT2D eigenvalue weighted by molar-refractivity contribution is 5.90. The van der Waals surface area contributed by atoms with Gasteiger partial charge in [0.25, 0.3) is 0 Å². The topological polar surface area (TPSA) is 59.1 Å². The zero-order valence-electron chi connectivity index (χ0n) is 7.56. The summed E-state index contributed by atoms with van der Waals surface area (Å²) in [4.78, 5) is 11.2. The van der Waals surface area contributed by atoms with Crippen LogP contribution in [-0.4, -0.2) is 36.5 Å². The number of rotatable bonds is 1. The molecule has 0 saturated carbocycles. The normalized spacial score (nSPS) is 41.9. The lowest BCUT2D eigenvalue weighted by atomic mass is 9.89. The van der Waals surface area contributed by atoms with E-state index >= 15 is 0 Å². The van der Waals surface area contributed by atoms with Crippen LogP contribution in [0.5, 0.6) is 0 Å². The molecule has 0 aromatic rings. The Hall–Kier alpha value is -0.870. The van der Waals surface area contributed by atoms with Gasteiger partial charge in [-0.3, -0.25) is 0 Å². The van der Waals surface area contributed by atoms with Gasteiger partial charge in [-0.15, -0.1) is 0 Å². The molecule has 1 heterocycles. The summed E-state index contributed by atoms with van der Waals surface area (Å²) < 4.78 is 9.78. The van der Waals surface area contributed by atoms with E-state index in [1.165, 1.54) is 7.11 Å². The van der Waals surface area contributed by atoms with Crippen LogP contribution < -0.4 is 0 Å². The summed E-state index contributed by atoms with van der Waals surface area (Å²) in [5.41, 5.74) is 0.547. The van der Waals surface area contributed by atoms with Crippen LogP contribution in [0.4, 0.5) is 0 Å². The fraction of sp³-hybridized carbons (Fsp3) is 0.667. The molecule has 4 unspecified atom stereocenters. The van der Waals surface area contributed by atoms with Crippen molar-refractivity contribution in [2.75, 3.05) is 7.11 Å². The van der Waals surface area contributed by atoms with E-state index in [0.29, 0.717) is 5.57 Å². The number of ether oxygens (including phenoxy) is 2. The number of hydrogen-bond donors (Lipinski definition) is 1. The monoisotopic (exact) mass is 184 g/mol. The average Bonchev–Trinajstić information content (AvgIpc) is 2.89. The Balaban J connectivity index is 2.21. The smallest absolute Gasteiger partial charge is 0.336 e. The van der Waals surface area contributed by atoms with Crippen molar-refractivity contribution in [1.29, 1.82) is 0 Å². The zero-order chi connectivity index (χ0) is 9.59. The largest absolute Gasteiger partial charge is 0.466 e. The van der Waals surface area contributed by atoms with Gasteiger partial charge in [-0.2, -0.15) is 0 Å². The maximum atomic E-state index is 11.2. The second-order valence-electron chi connectivity index (χ2n) is 3.48. The second-order valence-corrected chi connectivity index (χ2v) is 3.48. The summed E-state index contributed by atoms with van der Waals surface area (Å²) in [6, 6.07) is 0. The van der Waals surface area contributed by atoms with Crippen molar-refractivity contribution in [1.82, 2.24) is 0 Å². The molecule has 2 rings (SSSR count). The third kappa shape index (κ3) is 1.26. The summed E-state index contributed by atoms with van der Waals surface area (Å²) >= 11 is 0. The van der Waals surface area contributed by atoms with Crippen molar-refractivity contribution in [3.8, 4) is 0 Å². The Morgan fingerprint density at radius 3 is 3.00 bits per heavy atom. The molecule has 0 aromatic carbocycles. The molecule has 0 spiro atoms. The van der Waals surface area contributed by atoms with Crippen molar-refractivity contribution in [2.45, 2.75) is 25.2 Å². The van der Waals surface area contributed by atoms with Gasteiger partial charge in [-0.05, 0) is 0 Å². The number of aliphatic hydroxyl groups excluding tert-OH is 1. The number of carbonyl (C=O) groups is 1. The van der Waals surface area contributed by atoms with Gasteiger partial charge >= 0.3 is 5.97 Å². The first-order valence-corrected chi connectivity index (χ1v) is 4.28. The van der Waals surface area contributed by atoms with E-state index in [-0.39, 0.29) is 24.1 Å². The molecule has 1 fully saturated rings. The number of carbonyl (C=O) groups excluding carboxylic acids is 1. The van der Waals surface area contributed by atoms with Gasteiger partial charge in [0.05, 0.1) is 18.8 Å². The Labute approximate surface area is 76.1 Å². The number of methoxy groups -OCH3 is 1. The molecule has 4 heteroatoms. The number of hydrogen-bond acceptors (Lipinski definition) is 4. The molecule has 1 N–H and O–H groups in total.